The molecule has 4 heterocycles. The number of aromatic nitrogens is 6. The number of H-pyrrole nitrogens is 2. The molecule has 0 saturated heterocycles. The van der Waals surface area contributed by atoms with E-state index in [1.807, 2.05) is 36.4 Å². The van der Waals surface area contributed by atoms with Crippen LogP contribution in [0.15, 0.2) is 61.2 Å². The number of methoxy groups -OCH3 is 2. The number of nitrogen functional groups attached to an aromatic ring is 2. The lowest BCUT2D eigenvalue weighted by Crippen LogP contribution is -2.53. The van der Waals surface area contributed by atoms with E-state index in [-0.39, 0.29) is 0 Å². The lowest BCUT2D eigenvalue weighted by molar-refractivity contribution is -0.370. The predicted molar refractivity (Wildman–Crippen MR) is 155 cm³/mol. The van der Waals surface area contributed by atoms with Crippen LogP contribution in [0.4, 0.5) is 11.6 Å². The number of nitrogens with one attached hydrogen (secondary N) is 2. The van der Waals surface area contributed by atoms with Gasteiger partial charge in [-0.05, 0) is 48.1 Å². The van der Waals surface area contributed by atoms with Crippen molar-refractivity contribution in [2.24, 2.45) is 0 Å². The summed E-state index contributed by atoms with van der Waals surface area (Å²) in [6, 6.07) is 11.2. The largest absolute Gasteiger partial charge is 0.550 e. The highest BCUT2D eigenvalue weighted by atomic mass is 16.5. The summed E-state index contributed by atoms with van der Waals surface area (Å²) in [7, 11) is 3.09. The summed E-state index contributed by atoms with van der Waals surface area (Å²) in [6.07, 6.45) is 3.99. The molecule has 0 amide bonds. The molecule has 1 atom stereocenters. The summed E-state index contributed by atoms with van der Waals surface area (Å²) in [5.41, 5.74) is 10.1. The van der Waals surface area contributed by atoms with Crippen molar-refractivity contribution in [2.45, 2.75) is 38.4 Å². The third-order valence-corrected chi connectivity index (χ3v) is 5.52. The molecule has 0 fully saturated rings. The molecule has 4 aromatic heterocycles. The Hall–Kier alpha value is -5.97. The summed E-state index contributed by atoms with van der Waals surface area (Å²) in [4.78, 5) is 54.3. The Balaban J connectivity index is 0.000000240. The molecule has 0 aliphatic heterocycles. The Labute approximate surface area is 263 Å². The summed E-state index contributed by atoms with van der Waals surface area (Å²) in [5, 5.41) is 30.1. The van der Waals surface area contributed by atoms with Crippen LogP contribution >= 0.6 is 0 Å². The van der Waals surface area contributed by atoms with E-state index in [2.05, 4.69) is 34.6 Å². The highest BCUT2D eigenvalue weighted by Gasteiger charge is 2.33. The highest BCUT2D eigenvalue weighted by Crippen LogP contribution is 2.19. The summed E-state index contributed by atoms with van der Waals surface area (Å²) in [6.45, 7) is 3.05. The number of anilines is 2. The number of rotatable bonds is 10. The van der Waals surface area contributed by atoms with Crippen LogP contribution in [-0.2, 0) is 19.1 Å². The minimum absolute atomic E-state index is 0.344. The van der Waals surface area contributed by atoms with Gasteiger partial charge in [0.1, 0.15) is 18.0 Å². The quantitative estimate of drug-likeness (QED) is 0.159. The summed E-state index contributed by atoms with van der Waals surface area (Å²) < 4.78 is 14.6. The monoisotopic (exact) mass is 638 g/mol. The molecule has 17 nitrogen and oxygen atoms in total. The van der Waals surface area contributed by atoms with Gasteiger partial charge >= 0.3 is 17.6 Å². The van der Waals surface area contributed by atoms with Crippen LogP contribution in [0.5, 0.6) is 11.5 Å². The second kappa shape index (κ2) is 17.4. The first kappa shape index (κ1) is 36.2. The van der Waals surface area contributed by atoms with Crippen molar-refractivity contribution in [3.05, 3.63) is 61.2 Å². The zero-order chi connectivity index (χ0) is 34.3. The minimum atomic E-state index is -2.80. The third kappa shape index (κ3) is 11.3. The number of carbonyl (C=O) groups is 3. The van der Waals surface area contributed by atoms with Gasteiger partial charge in [-0.1, -0.05) is 12.1 Å². The van der Waals surface area contributed by atoms with Crippen molar-refractivity contribution in [2.75, 3.05) is 25.7 Å². The third-order valence-electron chi connectivity index (χ3n) is 5.52. The minimum Gasteiger partial charge on any atom is -0.550 e. The van der Waals surface area contributed by atoms with Gasteiger partial charge in [0.05, 0.1) is 32.7 Å². The fraction of sp³-hybridized carbons (Fsp3) is 0.276. The molecule has 7 N–H and O–H groups in total. The number of carbonyl (C=O) groups excluding carboxylic acids is 3. The Morgan fingerprint density at radius 2 is 1.30 bits per heavy atom. The number of aromatic amines is 2. The van der Waals surface area contributed by atoms with Crippen molar-refractivity contribution in [1.82, 2.24) is 19.9 Å². The van der Waals surface area contributed by atoms with Crippen LogP contribution in [0, 0.1) is 0 Å². The molecule has 0 spiro atoms. The first-order valence-electron chi connectivity index (χ1n) is 13.4. The zero-order valence-corrected chi connectivity index (χ0v) is 25.4. The summed E-state index contributed by atoms with van der Waals surface area (Å²) >= 11 is 0. The van der Waals surface area contributed by atoms with Crippen molar-refractivity contribution in [1.29, 1.82) is 0 Å². The van der Waals surface area contributed by atoms with Crippen LogP contribution < -0.4 is 41.1 Å². The molecule has 0 bridgehead atoms. The molecule has 46 heavy (non-hydrogen) atoms. The number of nitrogens with zero attached hydrogens (tertiary/aromatic N) is 4. The van der Waals surface area contributed by atoms with Crippen molar-refractivity contribution >= 4 is 29.5 Å². The van der Waals surface area contributed by atoms with Gasteiger partial charge in [-0.25, -0.2) is 19.9 Å². The zero-order valence-electron chi connectivity index (χ0n) is 25.4. The molecule has 0 aliphatic carbocycles. The first-order chi connectivity index (χ1) is 21.8. The van der Waals surface area contributed by atoms with E-state index >= 15 is 0 Å². The molecule has 0 aliphatic rings. The smallest absolute Gasteiger partial charge is 0.349 e. The fourth-order valence-corrected chi connectivity index (χ4v) is 3.42. The maximum absolute atomic E-state index is 11.1. The van der Waals surface area contributed by atoms with Gasteiger partial charge in [-0.3, -0.25) is 4.79 Å². The molecular weight excluding hydrogens is 604 g/mol. The second-order valence-corrected chi connectivity index (χ2v) is 9.42. The first-order valence-corrected chi connectivity index (χ1v) is 13.4. The maximum atomic E-state index is 11.1. The Morgan fingerprint density at radius 3 is 1.61 bits per heavy atom. The average molecular weight is 639 g/mol. The van der Waals surface area contributed by atoms with E-state index in [0.717, 1.165) is 11.4 Å². The molecule has 17 heteroatoms. The Morgan fingerprint density at radius 1 is 0.848 bits per heavy atom. The summed E-state index contributed by atoms with van der Waals surface area (Å²) in [5.74, 6) is -1.91. The number of ether oxygens (including phenoxy) is 3. The number of aliphatic carboxylic acids is 2. The van der Waals surface area contributed by atoms with Crippen LogP contribution in [-0.4, -0.2) is 68.9 Å². The SMILES string of the molecule is CC(C)OC(=O)CC(O)(CC(=O)[O-])C(=O)[O-].COc1c[nH+]c(-c2ccccn2)nc1N.COc1c[nH+]c(-c2ccccn2)nc1N. The highest BCUT2D eigenvalue weighted by molar-refractivity contribution is 5.87. The fourth-order valence-electron chi connectivity index (χ4n) is 3.42. The van der Waals surface area contributed by atoms with Gasteiger partial charge in [0.25, 0.3) is 11.6 Å². The standard InChI is InChI=1S/2C10H10N4O.C9H14O7/c2*1-15-8-6-13-10(14-9(8)11)7-4-2-3-5-12-7;1-5(2)16-7(12)4-9(15,8(13)14)3-6(10)11/h2*2-6H,1H3,(H2,11,13,14);5,15H,3-4H2,1-2H3,(H,10,11)(H,13,14). The number of hydrogen-bond donors (Lipinski definition) is 3. The van der Waals surface area contributed by atoms with Gasteiger partial charge in [0, 0.05) is 24.8 Å². The normalized spacial score (nSPS) is 11.4. The second-order valence-electron chi connectivity index (χ2n) is 9.42. The van der Waals surface area contributed by atoms with Gasteiger partial charge in [0.2, 0.25) is 11.5 Å². The number of hydrogen-bond acceptors (Lipinski definition) is 15. The topological polar surface area (TPSA) is 277 Å². The van der Waals surface area contributed by atoms with Crippen molar-refractivity contribution < 1.29 is 53.9 Å². The van der Waals surface area contributed by atoms with Crippen LogP contribution in [0.25, 0.3) is 23.0 Å². The van der Waals surface area contributed by atoms with Crippen LogP contribution in [0.1, 0.15) is 26.7 Å². The molecule has 0 radical (unpaired) electrons. The molecule has 4 rings (SSSR count). The van der Waals surface area contributed by atoms with E-state index in [9.17, 15) is 29.7 Å². The number of carboxylic acids is 2. The van der Waals surface area contributed by atoms with Gasteiger partial charge in [-0.15, -0.1) is 0 Å². The molecule has 0 saturated carbocycles. The Kier molecular flexibility index (Phi) is 13.7. The maximum Gasteiger partial charge on any atom is 0.349 e. The van der Waals surface area contributed by atoms with Crippen LogP contribution in [0.3, 0.4) is 0 Å². The lowest BCUT2D eigenvalue weighted by Gasteiger charge is -2.28. The molecule has 4 aromatic rings. The van der Waals surface area contributed by atoms with Crippen molar-refractivity contribution in [3.8, 4) is 34.5 Å². The molecule has 0 aromatic carbocycles. The predicted octanol–water partition coefficient (Wildman–Crippen LogP) is -1.95. The van der Waals surface area contributed by atoms with Gasteiger partial charge in [0.15, 0.2) is 11.4 Å². The average Bonchev–Trinajstić information content (AvgIpc) is 3.01. The Bertz CT molecular complexity index is 1510. The number of pyridine rings is 2. The van der Waals surface area contributed by atoms with E-state index < -0.39 is 42.5 Å². The molecule has 244 valence electrons. The lowest BCUT2D eigenvalue weighted by atomic mass is 9.96. The van der Waals surface area contributed by atoms with Gasteiger partial charge in [-0.2, -0.15) is 0 Å². The van der Waals surface area contributed by atoms with E-state index in [1.165, 1.54) is 13.8 Å². The van der Waals surface area contributed by atoms with Crippen LogP contribution in [0.2, 0.25) is 0 Å². The molecule has 1 unspecified atom stereocenters. The van der Waals surface area contributed by atoms with E-state index in [1.54, 1.807) is 39.0 Å². The van der Waals surface area contributed by atoms with E-state index in [0.29, 0.717) is 34.8 Å². The molecular formula is C29H34N8O9. The van der Waals surface area contributed by atoms with Gasteiger partial charge < -0.3 is 50.6 Å². The number of aliphatic hydroxyl groups is 1. The number of esters is 1. The van der Waals surface area contributed by atoms with Crippen molar-refractivity contribution in [3.63, 3.8) is 0 Å². The number of nitrogens with two attached hydrogens (primary N) is 2. The number of carboxylic acid groups (broad SMARTS) is 2. The van der Waals surface area contributed by atoms with E-state index in [4.69, 9.17) is 20.9 Å².